The Balaban J connectivity index is 0.00000261. The number of halogens is 2. The van der Waals surface area contributed by atoms with Crippen LogP contribution >= 0.6 is 35.6 Å². The summed E-state index contributed by atoms with van der Waals surface area (Å²) >= 11 is 6.18. The highest BCUT2D eigenvalue weighted by molar-refractivity contribution is 14.0. The fourth-order valence-corrected chi connectivity index (χ4v) is 3.81. The molecule has 0 spiro atoms. The molecule has 1 atom stereocenters. The first-order valence-electron chi connectivity index (χ1n) is 9.69. The molecule has 152 valence electrons. The van der Waals surface area contributed by atoms with Gasteiger partial charge in [-0.05, 0) is 51.6 Å². The molecule has 3 rings (SSSR count). The summed E-state index contributed by atoms with van der Waals surface area (Å²) in [5, 5.41) is 7.75. The Morgan fingerprint density at radius 1 is 1.26 bits per heavy atom. The van der Waals surface area contributed by atoms with Gasteiger partial charge in [-0.25, -0.2) is 0 Å². The third kappa shape index (κ3) is 6.21. The minimum atomic E-state index is 0. The zero-order valence-electron chi connectivity index (χ0n) is 16.7. The first-order valence-corrected chi connectivity index (χ1v) is 10.1. The maximum atomic E-state index is 6.18. The highest BCUT2D eigenvalue weighted by Crippen LogP contribution is 2.48. The van der Waals surface area contributed by atoms with Crippen LogP contribution in [0.5, 0.6) is 0 Å². The van der Waals surface area contributed by atoms with Crippen molar-refractivity contribution in [2.75, 3.05) is 53.4 Å². The summed E-state index contributed by atoms with van der Waals surface area (Å²) in [6, 6.07) is 8.77. The van der Waals surface area contributed by atoms with Gasteiger partial charge in [0.25, 0.3) is 0 Å². The monoisotopic (exact) mass is 505 g/mol. The topological polar surface area (TPSA) is 42.9 Å². The predicted molar refractivity (Wildman–Crippen MR) is 126 cm³/mol. The summed E-state index contributed by atoms with van der Waals surface area (Å²) in [6.07, 6.45) is 2.37. The van der Waals surface area contributed by atoms with Crippen LogP contribution in [0.2, 0.25) is 5.02 Å². The standard InChI is InChI=1S/C20H32ClN5.HI/c1-4-22-19(23-13-18-14-25(2)10-11-26(18)3)24-15-20(8-9-20)16-6-5-7-17(21)12-16;/h5-7,12,18H,4,8-11,13-15H2,1-3H3,(H2,22,23,24);1H. The molecule has 2 fully saturated rings. The van der Waals surface area contributed by atoms with Crippen molar-refractivity contribution in [3.05, 3.63) is 34.9 Å². The van der Waals surface area contributed by atoms with Gasteiger partial charge >= 0.3 is 0 Å². The number of aliphatic imine (C=N–C) groups is 1. The first kappa shape index (κ1) is 22.7. The lowest BCUT2D eigenvalue weighted by atomic mass is 9.96. The Hall–Kier alpha value is -0.570. The molecule has 27 heavy (non-hydrogen) atoms. The Morgan fingerprint density at radius 3 is 2.70 bits per heavy atom. The van der Waals surface area contributed by atoms with E-state index in [0.29, 0.717) is 6.04 Å². The first-order chi connectivity index (χ1) is 12.5. The summed E-state index contributed by atoms with van der Waals surface area (Å²) in [5.41, 5.74) is 1.49. The minimum absolute atomic E-state index is 0. The van der Waals surface area contributed by atoms with Gasteiger partial charge in [0.1, 0.15) is 0 Å². The predicted octanol–water partition coefficient (Wildman–Crippen LogP) is 2.79. The van der Waals surface area contributed by atoms with Gasteiger partial charge in [0.05, 0.1) is 6.54 Å². The zero-order valence-corrected chi connectivity index (χ0v) is 19.8. The molecule has 0 aromatic heterocycles. The lowest BCUT2D eigenvalue weighted by molar-refractivity contribution is 0.116. The van der Waals surface area contributed by atoms with E-state index in [1.165, 1.54) is 18.4 Å². The van der Waals surface area contributed by atoms with E-state index in [9.17, 15) is 0 Å². The summed E-state index contributed by atoms with van der Waals surface area (Å²) in [5.74, 6) is 0.919. The molecule has 1 aliphatic heterocycles. The molecule has 1 aromatic rings. The molecule has 2 N–H and O–H groups in total. The zero-order chi connectivity index (χ0) is 18.6. The average molecular weight is 506 g/mol. The number of likely N-dealkylation sites (N-methyl/N-ethyl adjacent to an activating group) is 2. The molecule has 0 bridgehead atoms. The fourth-order valence-electron chi connectivity index (χ4n) is 3.62. The van der Waals surface area contributed by atoms with Crippen molar-refractivity contribution in [3.8, 4) is 0 Å². The number of rotatable bonds is 6. The summed E-state index contributed by atoms with van der Waals surface area (Å²) < 4.78 is 0. The molecular formula is C20H33ClIN5. The molecule has 1 saturated carbocycles. The molecule has 1 heterocycles. The Morgan fingerprint density at radius 2 is 2.04 bits per heavy atom. The van der Waals surface area contributed by atoms with Gasteiger partial charge in [-0.2, -0.15) is 0 Å². The van der Waals surface area contributed by atoms with E-state index in [2.05, 4.69) is 53.6 Å². The van der Waals surface area contributed by atoms with Crippen molar-refractivity contribution < 1.29 is 0 Å². The molecule has 1 saturated heterocycles. The molecule has 1 unspecified atom stereocenters. The number of piperazine rings is 1. The second-order valence-corrected chi connectivity index (χ2v) is 8.20. The third-order valence-electron chi connectivity index (χ3n) is 5.66. The van der Waals surface area contributed by atoms with Crippen LogP contribution in [-0.2, 0) is 5.41 Å². The van der Waals surface area contributed by atoms with Crippen LogP contribution in [0.15, 0.2) is 29.3 Å². The third-order valence-corrected chi connectivity index (χ3v) is 5.90. The van der Waals surface area contributed by atoms with Crippen molar-refractivity contribution in [3.63, 3.8) is 0 Å². The lowest BCUT2D eigenvalue weighted by Crippen LogP contribution is -2.55. The maximum absolute atomic E-state index is 6.18. The molecule has 2 aliphatic rings. The molecule has 1 aromatic carbocycles. The van der Waals surface area contributed by atoms with Crippen LogP contribution in [0.3, 0.4) is 0 Å². The SMILES string of the molecule is CCNC(=NCC1(c2cccc(Cl)c2)CC1)NCC1CN(C)CCN1C.I. The van der Waals surface area contributed by atoms with Crippen LogP contribution in [0, 0.1) is 0 Å². The van der Waals surface area contributed by atoms with Crippen molar-refractivity contribution in [2.24, 2.45) is 4.99 Å². The number of hydrogen-bond acceptors (Lipinski definition) is 3. The number of guanidine groups is 1. The van der Waals surface area contributed by atoms with Crippen molar-refractivity contribution >= 4 is 41.5 Å². The van der Waals surface area contributed by atoms with E-state index in [-0.39, 0.29) is 29.4 Å². The summed E-state index contributed by atoms with van der Waals surface area (Å²) in [7, 11) is 4.41. The number of nitrogens with zero attached hydrogens (tertiary/aromatic N) is 3. The largest absolute Gasteiger partial charge is 0.357 e. The smallest absolute Gasteiger partial charge is 0.191 e. The van der Waals surface area contributed by atoms with E-state index in [0.717, 1.165) is 50.3 Å². The van der Waals surface area contributed by atoms with Gasteiger partial charge in [-0.3, -0.25) is 9.89 Å². The Bertz CT molecular complexity index is 635. The van der Waals surface area contributed by atoms with E-state index in [1.807, 2.05) is 12.1 Å². The van der Waals surface area contributed by atoms with Crippen LogP contribution in [0.25, 0.3) is 0 Å². The molecule has 5 nitrogen and oxygen atoms in total. The molecule has 7 heteroatoms. The average Bonchev–Trinajstić information content (AvgIpc) is 3.41. The molecule has 0 amide bonds. The lowest BCUT2D eigenvalue weighted by Gasteiger charge is -2.38. The number of nitrogens with one attached hydrogen (secondary N) is 2. The fraction of sp³-hybridized carbons (Fsp3) is 0.650. The van der Waals surface area contributed by atoms with Gasteiger partial charge in [-0.1, -0.05) is 23.7 Å². The highest BCUT2D eigenvalue weighted by Gasteiger charge is 2.44. The van der Waals surface area contributed by atoms with Crippen LogP contribution in [0.4, 0.5) is 0 Å². The van der Waals surface area contributed by atoms with E-state index >= 15 is 0 Å². The number of hydrogen-bond donors (Lipinski definition) is 2. The van der Waals surface area contributed by atoms with Gasteiger partial charge in [0, 0.05) is 49.2 Å². The van der Waals surface area contributed by atoms with Crippen molar-refractivity contribution in [1.82, 2.24) is 20.4 Å². The normalized spacial score (nSPS) is 22.8. The van der Waals surface area contributed by atoms with Crippen LogP contribution in [-0.4, -0.2) is 75.2 Å². The van der Waals surface area contributed by atoms with E-state index in [1.54, 1.807) is 0 Å². The van der Waals surface area contributed by atoms with Gasteiger partial charge in [0.2, 0.25) is 0 Å². The van der Waals surface area contributed by atoms with Crippen LogP contribution < -0.4 is 10.6 Å². The maximum Gasteiger partial charge on any atom is 0.191 e. The van der Waals surface area contributed by atoms with Gasteiger partial charge < -0.3 is 15.5 Å². The van der Waals surface area contributed by atoms with Crippen molar-refractivity contribution in [2.45, 2.75) is 31.2 Å². The van der Waals surface area contributed by atoms with Gasteiger partial charge in [0.15, 0.2) is 5.96 Å². The quantitative estimate of drug-likeness (QED) is 0.354. The second-order valence-electron chi connectivity index (χ2n) is 7.76. The van der Waals surface area contributed by atoms with Gasteiger partial charge in [-0.15, -0.1) is 24.0 Å². The molecule has 0 radical (unpaired) electrons. The highest BCUT2D eigenvalue weighted by atomic mass is 127. The number of benzene rings is 1. The van der Waals surface area contributed by atoms with E-state index < -0.39 is 0 Å². The second kappa shape index (κ2) is 10.3. The van der Waals surface area contributed by atoms with E-state index in [4.69, 9.17) is 16.6 Å². The minimum Gasteiger partial charge on any atom is -0.357 e. The summed E-state index contributed by atoms with van der Waals surface area (Å²) in [4.78, 5) is 9.73. The summed E-state index contributed by atoms with van der Waals surface area (Å²) in [6.45, 7) is 8.06. The van der Waals surface area contributed by atoms with Crippen molar-refractivity contribution in [1.29, 1.82) is 0 Å². The molecule has 1 aliphatic carbocycles. The molecular weight excluding hydrogens is 473 g/mol. The van der Waals surface area contributed by atoms with Crippen LogP contribution in [0.1, 0.15) is 25.3 Å². The Labute approximate surface area is 185 Å². The Kier molecular flexibility index (Phi) is 8.65.